The molecular formula is C29H34N4O2. The van der Waals surface area contributed by atoms with Crippen LogP contribution in [0, 0.1) is 0 Å². The third kappa shape index (κ3) is 4.36. The van der Waals surface area contributed by atoms with Gasteiger partial charge >= 0.3 is 0 Å². The normalized spacial score (nSPS) is 22.4. The van der Waals surface area contributed by atoms with Crippen LogP contribution in [-0.2, 0) is 17.8 Å². The Hall–Kier alpha value is -3.12. The van der Waals surface area contributed by atoms with Crippen LogP contribution in [0.15, 0.2) is 47.6 Å². The van der Waals surface area contributed by atoms with Gasteiger partial charge in [0.1, 0.15) is 6.04 Å². The first-order valence-electron chi connectivity index (χ1n) is 13.3. The first-order chi connectivity index (χ1) is 17.2. The summed E-state index contributed by atoms with van der Waals surface area (Å²) in [6.07, 6.45) is 11.8. The number of nitrogens with zero attached hydrogens (tertiary/aromatic N) is 2. The van der Waals surface area contributed by atoms with Gasteiger partial charge in [0.15, 0.2) is 6.54 Å². The quantitative estimate of drug-likeness (QED) is 0.444. The molecule has 2 unspecified atom stereocenters. The van der Waals surface area contributed by atoms with E-state index in [1.807, 2.05) is 0 Å². The van der Waals surface area contributed by atoms with Crippen molar-refractivity contribution in [3.8, 4) is 5.75 Å². The average Bonchev–Trinajstić information content (AvgIpc) is 3.22. The summed E-state index contributed by atoms with van der Waals surface area (Å²) in [4.78, 5) is 14.1. The molecule has 1 aliphatic heterocycles. The Kier molecular flexibility index (Phi) is 6.06. The molecule has 3 aromatic rings. The summed E-state index contributed by atoms with van der Waals surface area (Å²) in [5.41, 5.74) is 9.41. The number of amides is 1. The number of fused-ring (bicyclic) bond motifs is 3. The number of carbonyl (C=O) groups excluding carboxylic acids is 1. The molecule has 1 aromatic heterocycles. The van der Waals surface area contributed by atoms with Crippen LogP contribution in [-0.4, -0.2) is 29.8 Å². The number of aromatic nitrogens is 1. The van der Waals surface area contributed by atoms with Crippen LogP contribution < -0.4 is 15.4 Å². The molecule has 0 saturated heterocycles. The maximum Gasteiger partial charge on any atom is 0.295 e. The second-order valence-electron chi connectivity index (χ2n) is 10.5. The van der Waals surface area contributed by atoms with E-state index in [1.54, 1.807) is 18.3 Å². The number of aryl methyl sites for hydroxylation is 1. The number of hydrazone groups is 1. The van der Waals surface area contributed by atoms with Crippen molar-refractivity contribution in [2.75, 3.05) is 13.1 Å². The number of rotatable bonds is 5. The zero-order valence-corrected chi connectivity index (χ0v) is 20.3. The van der Waals surface area contributed by atoms with Gasteiger partial charge in [0.05, 0.1) is 25.0 Å². The Morgan fingerprint density at radius 3 is 2.74 bits per heavy atom. The number of carbonyl (C=O) groups is 1. The first kappa shape index (κ1) is 22.4. The molecule has 182 valence electrons. The molecule has 1 amide bonds. The highest BCUT2D eigenvalue weighted by molar-refractivity contribution is 5.87. The maximum absolute atomic E-state index is 12.7. The molecule has 6 nitrogen and oxygen atoms in total. The van der Waals surface area contributed by atoms with E-state index in [0.29, 0.717) is 12.6 Å². The third-order valence-corrected chi connectivity index (χ3v) is 8.38. The fraction of sp³-hybridized carbons (Fsp3) is 0.448. The molecule has 6 rings (SSSR count). The largest absolute Gasteiger partial charge is 0.872 e. The van der Waals surface area contributed by atoms with E-state index in [1.165, 1.54) is 83.3 Å². The van der Waals surface area contributed by atoms with Gasteiger partial charge in [-0.3, -0.25) is 4.79 Å². The highest BCUT2D eigenvalue weighted by Gasteiger charge is 2.38. The Morgan fingerprint density at radius 1 is 1.09 bits per heavy atom. The minimum Gasteiger partial charge on any atom is -0.872 e. The molecule has 2 aromatic carbocycles. The molecule has 1 fully saturated rings. The van der Waals surface area contributed by atoms with E-state index in [4.69, 9.17) is 0 Å². The number of quaternary nitrogens is 1. The van der Waals surface area contributed by atoms with E-state index >= 15 is 0 Å². The molecule has 0 radical (unpaired) electrons. The van der Waals surface area contributed by atoms with Gasteiger partial charge in [-0.05, 0) is 60.4 Å². The lowest BCUT2D eigenvalue weighted by atomic mass is 9.83. The van der Waals surface area contributed by atoms with Gasteiger partial charge in [0.25, 0.3) is 5.91 Å². The standard InChI is InChI=1S/C29H34N4O2/c34-23-12-9-20(10-13-23)18-30-31-28(35)19-32-15-16-33-26-14-11-22(21-5-2-1-3-6-21)17-25(26)24-7-4-8-27(32)29(24)33/h9-14,17-18,21,27,34H,1-8,15-16,19H2,(H,31,35)/b30-18+. The van der Waals surface area contributed by atoms with Crippen molar-refractivity contribution in [3.05, 3.63) is 64.8 Å². The molecular weight excluding hydrogens is 436 g/mol. The SMILES string of the molecule is O=C(C[NH+]1CCn2c3c(c4cc(C5CCCCC5)ccc42)CCCC31)N/N=C/c1ccc([O-])cc1. The fourth-order valence-electron chi connectivity index (χ4n) is 6.69. The van der Waals surface area contributed by atoms with E-state index in [2.05, 4.69) is 33.3 Å². The van der Waals surface area contributed by atoms with Crippen LogP contribution in [0.25, 0.3) is 10.9 Å². The van der Waals surface area contributed by atoms with Gasteiger partial charge in [-0.2, -0.15) is 5.10 Å². The summed E-state index contributed by atoms with van der Waals surface area (Å²) in [5.74, 6) is 0.628. The van der Waals surface area contributed by atoms with Crippen molar-refractivity contribution in [1.29, 1.82) is 0 Å². The van der Waals surface area contributed by atoms with Gasteiger partial charge in [0.2, 0.25) is 0 Å². The number of hydrogen-bond donors (Lipinski definition) is 2. The first-order valence-corrected chi connectivity index (χ1v) is 13.3. The van der Waals surface area contributed by atoms with Gasteiger partial charge in [-0.25, -0.2) is 5.43 Å². The van der Waals surface area contributed by atoms with Crippen LogP contribution in [0.2, 0.25) is 0 Å². The van der Waals surface area contributed by atoms with E-state index in [9.17, 15) is 9.90 Å². The molecule has 2 atom stereocenters. The van der Waals surface area contributed by atoms with Crippen LogP contribution in [0.1, 0.15) is 79.3 Å². The van der Waals surface area contributed by atoms with Crippen molar-refractivity contribution in [3.63, 3.8) is 0 Å². The van der Waals surface area contributed by atoms with E-state index < -0.39 is 0 Å². The summed E-state index contributed by atoms with van der Waals surface area (Å²) in [5, 5.41) is 16.8. The summed E-state index contributed by atoms with van der Waals surface area (Å²) >= 11 is 0. The highest BCUT2D eigenvalue weighted by atomic mass is 16.3. The zero-order valence-electron chi connectivity index (χ0n) is 20.3. The van der Waals surface area contributed by atoms with Gasteiger partial charge < -0.3 is 14.6 Å². The topological polar surface area (TPSA) is 73.9 Å². The van der Waals surface area contributed by atoms with Crippen LogP contribution in [0.4, 0.5) is 0 Å². The Bertz CT molecular complexity index is 1250. The van der Waals surface area contributed by atoms with E-state index in [-0.39, 0.29) is 11.7 Å². The van der Waals surface area contributed by atoms with Crippen molar-refractivity contribution in [2.24, 2.45) is 5.10 Å². The van der Waals surface area contributed by atoms with Crippen LogP contribution in [0.5, 0.6) is 5.75 Å². The minimum absolute atomic E-state index is 0.0330. The molecule has 0 spiro atoms. The second kappa shape index (κ2) is 9.50. The minimum atomic E-state index is -0.0621. The molecule has 2 aliphatic carbocycles. The van der Waals surface area contributed by atoms with Gasteiger partial charge in [-0.15, -0.1) is 5.75 Å². The molecule has 6 heteroatoms. The maximum atomic E-state index is 12.7. The van der Waals surface area contributed by atoms with Crippen molar-refractivity contribution < 1.29 is 14.8 Å². The van der Waals surface area contributed by atoms with E-state index in [0.717, 1.165) is 37.4 Å². The molecule has 2 N–H and O–H groups in total. The van der Waals surface area contributed by atoms with Crippen molar-refractivity contribution in [2.45, 2.75) is 69.9 Å². The molecule has 1 saturated carbocycles. The lowest BCUT2D eigenvalue weighted by Crippen LogP contribution is -3.14. The number of hydrogen-bond acceptors (Lipinski definition) is 3. The number of nitrogens with one attached hydrogen (secondary N) is 2. The summed E-state index contributed by atoms with van der Waals surface area (Å²) in [7, 11) is 0. The van der Waals surface area contributed by atoms with Gasteiger partial charge in [-0.1, -0.05) is 49.6 Å². The highest BCUT2D eigenvalue weighted by Crippen LogP contribution is 2.40. The summed E-state index contributed by atoms with van der Waals surface area (Å²) in [6, 6.07) is 14.0. The fourth-order valence-corrected chi connectivity index (χ4v) is 6.69. The zero-order chi connectivity index (χ0) is 23.8. The number of benzene rings is 2. The molecule has 2 heterocycles. The van der Waals surface area contributed by atoms with Gasteiger partial charge in [0, 0.05) is 17.3 Å². The third-order valence-electron chi connectivity index (χ3n) is 8.38. The Labute approximate surface area is 206 Å². The van der Waals surface area contributed by atoms with Crippen molar-refractivity contribution >= 4 is 23.0 Å². The lowest BCUT2D eigenvalue weighted by molar-refractivity contribution is -0.929. The average molecular weight is 471 g/mol. The van der Waals surface area contributed by atoms with Crippen LogP contribution >= 0.6 is 0 Å². The predicted octanol–water partition coefficient (Wildman–Crippen LogP) is 3.19. The Balaban J connectivity index is 1.20. The Morgan fingerprint density at radius 2 is 1.91 bits per heavy atom. The van der Waals surface area contributed by atoms with Crippen molar-refractivity contribution in [1.82, 2.24) is 9.99 Å². The summed E-state index contributed by atoms with van der Waals surface area (Å²) in [6.45, 7) is 2.34. The summed E-state index contributed by atoms with van der Waals surface area (Å²) < 4.78 is 2.55. The monoisotopic (exact) mass is 470 g/mol. The predicted molar refractivity (Wildman–Crippen MR) is 136 cm³/mol. The molecule has 0 bridgehead atoms. The lowest BCUT2D eigenvalue weighted by Gasteiger charge is -2.36. The smallest absolute Gasteiger partial charge is 0.295 e. The molecule has 3 aliphatic rings. The van der Waals surface area contributed by atoms with Crippen LogP contribution in [0.3, 0.4) is 0 Å². The second-order valence-corrected chi connectivity index (χ2v) is 10.5. The molecule has 35 heavy (non-hydrogen) atoms.